The number of thioether (sulfide) groups is 1. The Morgan fingerprint density at radius 2 is 1.80 bits per heavy atom. The predicted molar refractivity (Wildman–Crippen MR) is 171 cm³/mol. The number of nitrogens with zero attached hydrogens (tertiary/aromatic N) is 4. The molecule has 3 unspecified atom stereocenters. The first-order valence-electron chi connectivity index (χ1n) is 15.1. The van der Waals surface area contributed by atoms with Crippen molar-refractivity contribution in [1.29, 1.82) is 0 Å². The molecule has 5 rings (SSSR count). The Labute approximate surface area is 266 Å². The quantitative estimate of drug-likeness (QED) is 0.128. The average molecular weight is 631 g/mol. The molecule has 236 valence electrons. The van der Waals surface area contributed by atoms with Gasteiger partial charge >= 0.3 is 0 Å². The number of anilines is 1. The number of para-hydroxylation sites is 1. The molecule has 4 aromatic rings. The Morgan fingerprint density at radius 1 is 0.978 bits per heavy atom. The highest BCUT2D eigenvalue weighted by atomic mass is 32.2. The minimum absolute atomic E-state index is 0.0253. The van der Waals surface area contributed by atoms with Crippen molar-refractivity contribution in [1.82, 2.24) is 25.5 Å². The number of hydrogen-bond donors (Lipinski definition) is 3. The molecule has 1 saturated heterocycles. The summed E-state index contributed by atoms with van der Waals surface area (Å²) in [7, 11) is 0. The van der Waals surface area contributed by atoms with Crippen LogP contribution in [-0.2, 0) is 25.7 Å². The Morgan fingerprint density at radius 3 is 2.58 bits per heavy atom. The van der Waals surface area contributed by atoms with E-state index >= 15 is 0 Å². The van der Waals surface area contributed by atoms with Crippen LogP contribution in [0.3, 0.4) is 0 Å². The first kappa shape index (κ1) is 32.3. The number of rotatable bonds is 14. The smallest absolute Gasteiger partial charge is 0.224 e. The van der Waals surface area contributed by atoms with Gasteiger partial charge in [0.1, 0.15) is 0 Å². The molecule has 2 heterocycles. The SMILES string of the molecule is CC(=O)NCCCCCC(=O)Nc1cccc(C2OC(CSc3nnnn3-c3ccccc3)CC(c3ccc(CO)cc3)O2)c1. The van der Waals surface area contributed by atoms with E-state index in [1.807, 2.05) is 78.9 Å². The lowest BCUT2D eigenvalue weighted by atomic mass is 10.0. The highest BCUT2D eigenvalue weighted by Crippen LogP contribution is 2.40. The zero-order valence-corrected chi connectivity index (χ0v) is 26.0. The molecular weight excluding hydrogens is 592 g/mol. The predicted octanol–water partition coefficient (Wildman–Crippen LogP) is 5.13. The molecule has 0 aliphatic carbocycles. The molecule has 0 spiro atoms. The molecule has 45 heavy (non-hydrogen) atoms. The summed E-state index contributed by atoms with van der Waals surface area (Å²) in [6, 6.07) is 25.0. The van der Waals surface area contributed by atoms with E-state index in [0.717, 1.165) is 41.6 Å². The van der Waals surface area contributed by atoms with E-state index < -0.39 is 6.29 Å². The van der Waals surface area contributed by atoms with Gasteiger partial charge in [0.2, 0.25) is 17.0 Å². The van der Waals surface area contributed by atoms with Crippen LogP contribution in [0.25, 0.3) is 5.69 Å². The number of benzene rings is 3. The second-order valence-electron chi connectivity index (χ2n) is 10.8. The third-order valence-corrected chi connectivity index (χ3v) is 8.40. The summed E-state index contributed by atoms with van der Waals surface area (Å²) in [6.07, 6.45) is 2.35. The largest absolute Gasteiger partial charge is 0.392 e. The number of hydrogen-bond acceptors (Lipinski definition) is 9. The first-order chi connectivity index (χ1) is 22.0. The molecule has 1 fully saturated rings. The molecule has 11 nitrogen and oxygen atoms in total. The van der Waals surface area contributed by atoms with E-state index in [1.165, 1.54) is 18.7 Å². The third-order valence-electron chi connectivity index (χ3n) is 7.35. The number of aliphatic hydroxyl groups excluding tert-OH is 1. The van der Waals surface area contributed by atoms with Crippen LogP contribution in [0.5, 0.6) is 0 Å². The Balaban J connectivity index is 1.25. The monoisotopic (exact) mass is 630 g/mol. The summed E-state index contributed by atoms with van der Waals surface area (Å²) in [5.74, 6) is 0.486. The Hall–Kier alpha value is -4.10. The normalized spacial score (nSPS) is 18.0. The van der Waals surface area contributed by atoms with Crippen molar-refractivity contribution in [3.63, 3.8) is 0 Å². The molecule has 1 aliphatic heterocycles. The molecular formula is C33H38N6O5S. The molecule has 3 N–H and O–H groups in total. The lowest BCUT2D eigenvalue weighted by Gasteiger charge is -2.36. The summed E-state index contributed by atoms with van der Waals surface area (Å²) in [5, 5.41) is 28.2. The molecule has 3 atom stereocenters. The van der Waals surface area contributed by atoms with E-state index in [0.29, 0.717) is 36.0 Å². The van der Waals surface area contributed by atoms with Crippen LogP contribution in [-0.4, -0.2) is 55.5 Å². The second kappa shape index (κ2) is 16.3. The van der Waals surface area contributed by atoms with Crippen molar-refractivity contribution in [3.8, 4) is 5.69 Å². The highest BCUT2D eigenvalue weighted by molar-refractivity contribution is 7.99. The maximum Gasteiger partial charge on any atom is 0.224 e. The van der Waals surface area contributed by atoms with Gasteiger partial charge in [0.25, 0.3) is 0 Å². The number of tetrazole rings is 1. The van der Waals surface area contributed by atoms with Gasteiger partial charge < -0.3 is 25.2 Å². The van der Waals surface area contributed by atoms with Gasteiger partial charge in [-0.05, 0) is 58.7 Å². The van der Waals surface area contributed by atoms with E-state index in [-0.39, 0.29) is 30.6 Å². The van der Waals surface area contributed by atoms with Crippen LogP contribution in [0.4, 0.5) is 5.69 Å². The van der Waals surface area contributed by atoms with Crippen LogP contribution in [0.15, 0.2) is 84.0 Å². The van der Waals surface area contributed by atoms with Gasteiger partial charge in [-0.15, -0.1) is 5.10 Å². The number of nitrogens with one attached hydrogen (secondary N) is 2. The van der Waals surface area contributed by atoms with Crippen molar-refractivity contribution in [2.45, 2.75) is 69.3 Å². The van der Waals surface area contributed by atoms with Gasteiger partial charge in [0, 0.05) is 43.3 Å². The van der Waals surface area contributed by atoms with Crippen molar-refractivity contribution in [3.05, 3.63) is 95.6 Å². The molecule has 1 aliphatic rings. The number of aliphatic hydroxyl groups is 1. The number of unbranched alkanes of at least 4 members (excludes halogenated alkanes) is 2. The first-order valence-corrected chi connectivity index (χ1v) is 16.1. The van der Waals surface area contributed by atoms with Crippen molar-refractivity contribution in [2.24, 2.45) is 0 Å². The maximum absolute atomic E-state index is 12.6. The lowest BCUT2D eigenvalue weighted by molar-refractivity contribution is -0.245. The minimum atomic E-state index is -0.664. The van der Waals surface area contributed by atoms with Crippen LogP contribution in [0.2, 0.25) is 0 Å². The maximum atomic E-state index is 12.6. The summed E-state index contributed by atoms with van der Waals surface area (Å²) in [4.78, 5) is 23.6. The summed E-state index contributed by atoms with van der Waals surface area (Å²) < 4.78 is 14.7. The zero-order chi connectivity index (χ0) is 31.4. The van der Waals surface area contributed by atoms with Crippen LogP contribution >= 0.6 is 11.8 Å². The number of ether oxygens (including phenoxy) is 2. The fraction of sp³-hybridized carbons (Fsp3) is 0.364. The van der Waals surface area contributed by atoms with E-state index in [1.54, 1.807) is 4.68 Å². The fourth-order valence-electron chi connectivity index (χ4n) is 5.03. The van der Waals surface area contributed by atoms with Crippen molar-refractivity contribution < 1.29 is 24.2 Å². The van der Waals surface area contributed by atoms with Gasteiger partial charge in [0.15, 0.2) is 6.29 Å². The van der Waals surface area contributed by atoms with Crippen molar-refractivity contribution >= 4 is 29.3 Å². The van der Waals surface area contributed by atoms with Gasteiger partial charge in [-0.25, -0.2) is 0 Å². The van der Waals surface area contributed by atoms with Gasteiger partial charge in [0.05, 0.1) is 24.5 Å². The van der Waals surface area contributed by atoms with Crippen molar-refractivity contribution in [2.75, 3.05) is 17.6 Å². The molecule has 0 radical (unpaired) electrons. The summed E-state index contributed by atoms with van der Waals surface area (Å²) >= 11 is 1.52. The summed E-state index contributed by atoms with van der Waals surface area (Å²) in [5.41, 5.74) is 4.17. The molecule has 2 amide bonds. The fourth-order valence-corrected chi connectivity index (χ4v) is 5.94. The summed E-state index contributed by atoms with van der Waals surface area (Å²) in [6.45, 7) is 2.09. The van der Waals surface area contributed by atoms with E-state index in [4.69, 9.17) is 9.47 Å². The minimum Gasteiger partial charge on any atom is -0.392 e. The average Bonchev–Trinajstić information content (AvgIpc) is 3.54. The topological polar surface area (TPSA) is 140 Å². The zero-order valence-electron chi connectivity index (χ0n) is 25.2. The highest BCUT2D eigenvalue weighted by Gasteiger charge is 2.33. The molecule has 1 aromatic heterocycles. The van der Waals surface area contributed by atoms with Crippen LogP contribution in [0, 0.1) is 0 Å². The molecule has 3 aromatic carbocycles. The standard InChI is InChI=1S/C33H38N6O5S/c1-23(41)34-18-7-3-6-13-31(42)35-27-10-8-9-26(19-27)32-43-29(20-30(44-32)25-16-14-24(21-40)15-17-25)22-45-33-36-37-38-39(33)28-11-4-2-5-12-28/h2,4-5,8-12,14-17,19,29-30,32,40H,3,6-7,13,18,20-22H2,1H3,(H,34,41)(H,35,42). The number of carbonyl (C=O) groups excluding carboxylic acids is 2. The Kier molecular flexibility index (Phi) is 11.7. The van der Waals surface area contributed by atoms with Gasteiger partial charge in [-0.3, -0.25) is 9.59 Å². The second-order valence-corrected chi connectivity index (χ2v) is 11.8. The molecule has 0 bridgehead atoms. The van der Waals surface area contributed by atoms with E-state index in [2.05, 4.69) is 26.2 Å². The molecule has 12 heteroatoms. The number of amides is 2. The number of carbonyl (C=O) groups is 2. The lowest BCUT2D eigenvalue weighted by Crippen LogP contribution is -2.31. The Bertz CT molecular complexity index is 1530. The van der Waals surface area contributed by atoms with Gasteiger partial charge in [-0.2, -0.15) is 4.68 Å². The van der Waals surface area contributed by atoms with Crippen LogP contribution in [0.1, 0.15) is 68.1 Å². The number of aromatic nitrogens is 4. The van der Waals surface area contributed by atoms with E-state index in [9.17, 15) is 14.7 Å². The molecule has 0 saturated carbocycles. The van der Waals surface area contributed by atoms with Gasteiger partial charge in [-0.1, -0.05) is 72.8 Å². The third kappa shape index (κ3) is 9.44. The van der Waals surface area contributed by atoms with Crippen LogP contribution < -0.4 is 10.6 Å².